The van der Waals surface area contributed by atoms with Crippen LogP contribution in [0.3, 0.4) is 0 Å². The minimum Gasteiger partial charge on any atom is -0.354 e. The quantitative estimate of drug-likeness (QED) is 0.350. The number of hydrogen-bond acceptors (Lipinski definition) is 4. The number of hydrogen-bond donors (Lipinski definition) is 1. The second-order valence-electron chi connectivity index (χ2n) is 8.71. The zero-order valence-electron chi connectivity index (χ0n) is 21.3. The van der Waals surface area contributed by atoms with Crippen molar-refractivity contribution in [2.45, 2.75) is 37.6 Å². The van der Waals surface area contributed by atoms with Gasteiger partial charge >= 0.3 is 0 Å². The van der Waals surface area contributed by atoms with Crippen LogP contribution < -0.4 is 9.62 Å². The molecule has 0 aliphatic rings. The summed E-state index contributed by atoms with van der Waals surface area (Å²) < 4.78 is 42.1. The minimum absolute atomic E-state index is 0.0275. The van der Waals surface area contributed by atoms with Gasteiger partial charge in [0.25, 0.3) is 10.0 Å². The Morgan fingerprint density at radius 3 is 2.24 bits per heavy atom. The van der Waals surface area contributed by atoms with Gasteiger partial charge in [-0.3, -0.25) is 13.9 Å². The summed E-state index contributed by atoms with van der Waals surface area (Å²) >= 11 is 5.97. The molecule has 3 rings (SSSR count). The molecule has 0 radical (unpaired) electrons. The molecule has 0 saturated carbocycles. The van der Waals surface area contributed by atoms with Gasteiger partial charge in [-0.15, -0.1) is 0 Å². The van der Waals surface area contributed by atoms with Crippen LogP contribution in [0, 0.1) is 5.82 Å². The highest BCUT2D eigenvalue weighted by Gasteiger charge is 2.32. The van der Waals surface area contributed by atoms with E-state index in [9.17, 15) is 22.4 Å². The highest BCUT2D eigenvalue weighted by molar-refractivity contribution is 7.92. The van der Waals surface area contributed by atoms with E-state index in [1.165, 1.54) is 23.1 Å². The standard InChI is InChI=1S/C28H31ClFN3O4S/c1-3-17-31-28(35)21(2)32(18-16-22-10-6-4-7-11-22)27(34)20-33(23-14-15-26(30)25(29)19-23)38(36,37)24-12-8-5-9-13-24/h4-15,19,21H,3,16-18,20H2,1-2H3,(H,31,35)/t21-/m1/s1. The van der Waals surface area contributed by atoms with Crippen molar-refractivity contribution >= 4 is 39.1 Å². The third-order valence-electron chi connectivity index (χ3n) is 6.00. The van der Waals surface area contributed by atoms with Gasteiger partial charge in [-0.25, -0.2) is 12.8 Å². The fraction of sp³-hybridized carbons (Fsp3) is 0.286. The molecule has 7 nitrogen and oxygen atoms in total. The molecule has 38 heavy (non-hydrogen) atoms. The molecule has 3 aromatic rings. The highest BCUT2D eigenvalue weighted by atomic mass is 35.5. The molecule has 2 amide bonds. The van der Waals surface area contributed by atoms with Crippen LogP contribution in [0.5, 0.6) is 0 Å². The minimum atomic E-state index is -4.24. The number of sulfonamides is 1. The fourth-order valence-corrected chi connectivity index (χ4v) is 5.46. The first-order valence-corrected chi connectivity index (χ1v) is 14.1. The number of nitrogens with one attached hydrogen (secondary N) is 1. The third kappa shape index (κ3) is 7.33. The van der Waals surface area contributed by atoms with Crippen molar-refractivity contribution in [2.24, 2.45) is 0 Å². The lowest BCUT2D eigenvalue weighted by atomic mass is 10.1. The van der Waals surface area contributed by atoms with Crippen molar-refractivity contribution in [2.75, 3.05) is 23.9 Å². The first-order chi connectivity index (χ1) is 18.1. The van der Waals surface area contributed by atoms with E-state index in [0.717, 1.165) is 28.4 Å². The van der Waals surface area contributed by atoms with E-state index in [1.54, 1.807) is 25.1 Å². The lowest BCUT2D eigenvalue weighted by Gasteiger charge is -2.32. The Bertz CT molecular complexity index is 1340. The lowest BCUT2D eigenvalue weighted by Crippen LogP contribution is -2.52. The van der Waals surface area contributed by atoms with E-state index < -0.39 is 34.3 Å². The van der Waals surface area contributed by atoms with Crippen LogP contribution in [-0.4, -0.2) is 50.8 Å². The van der Waals surface area contributed by atoms with Gasteiger partial charge in [0.2, 0.25) is 11.8 Å². The maximum atomic E-state index is 13.9. The molecule has 3 aromatic carbocycles. The number of carbonyl (C=O) groups is 2. The molecule has 0 aliphatic carbocycles. The Labute approximate surface area is 228 Å². The van der Waals surface area contributed by atoms with Gasteiger partial charge in [0.05, 0.1) is 15.6 Å². The van der Waals surface area contributed by atoms with Crippen LogP contribution in [0.2, 0.25) is 5.02 Å². The Hall–Kier alpha value is -3.43. The number of carbonyl (C=O) groups excluding carboxylic acids is 2. The topological polar surface area (TPSA) is 86.8 Å². The van der Waals surface area contributed by atoms with Crippen molar-refractivity contribution in [3.8, 4) is 0 Å². The zero-order chi connectivity index (χ0) is 27.7. The molecule has 0 aliphatic heterocycles. The average molecular weight is 560 g/mol. The number of amides is 2. The predicted octanol–water partition coefficient (Wildman–Crippen LogP) is 4.66. The van der Waals surface area contributed by atoms with Gasteiger partial charge in [0, 0.05) is 13.1 Å². The Morgan fingerprint density at radius 2 is 1.63 bits per heavy atom. The van der Waals surface area contributed by atoms with Crippen LogP contribution in [0.15, 0.2) is 83.8 Å². The maximum absolute atomic E-state index is 13.9. The molecular formula is C28H31ClFN3O4S. The SMILES string of the molecule is CCCNC(=O)[C@@H](C)N(CCc1ccccc1)C(=O)CN(c1ccc(F)c(Cl)c1)S(=O)(=O)c1ccccc1. The summed E-state index contributed by atoms with van der Waals surface area (Å²) in [6, 6.07) is 19.7. The van der Waals surface area contributed by atoms with Gasteiger partial charge in [0.1, 0.15) is 18.4 Å². The Morgan fingerprint density at radius 1 is 1.00 bits per heavy atom. The van der Waals surface area contributed by atoms with Gasteiger partial charge < -0.3 is 10.2 Å². The molecule has 1 N–H and O–H groups in total. The lowest BCUT2D eigenvalue weighted by molar-refractivity contribution is -0.138. The fourth-order valence-electron chi connectivity index (χ4n) is 3.85. The van der Waals surface area contributed by atoms with Crippen molar-refractivity contribution in [1.29, 1.82) is 0 Å². The number of anilines is 1. The second kappa shape index (κ2) is 13.4. The monoisotopic (exact) mass is 559 g/mol. The van der Waals surface area contributed by atoms with E-state index in [-0.39, 0.29) is 28.1 Å². The van der Waals surface area contributed by atoms with Gasteiger partial charge in [0.15, 0.2) is 0 Å². The van der Waals surface area contributed by atoms with E-state index in [2.05, 4.69) is 5.32 Å². The summed E-state index contributed by atoms with van der Waals surface area (Å²) in [6.45, 7) is 3.56. The van der Waals surface area contributed by atoms with Crippen molar-refractivity contribution in [3.63, 3.8) is 0 Å². The molecular weight excluding hydrogens is 529 g/mol. The van der Waals surface area contributed by atoms with Crippen LogP contribution in [0.4, 0.5) is 10.1 Å². The molecule has 1 atom stereocenters. The first-order valence-electron chi connectivity index (χ1n) is 12.3. The van der Waals surface area contributed by atoms with Crippen LogP contribution in [-0.2, 0) is 26.0 Å². The predicted molar refractivity (Wildman–Crippen MR) is 147 cm³/mol. The third-order valence-corrected chi connectivity index (χ3v) is 8.08. The second-order valence-corrected chi connectivity index (χ2v) is 11.0. The van der Waals surface area contributed by atoms with Crippen molar-refractivity contribution < 1.29 is 22.4 Å². The van der Waals surface area contributed by atoms with Crippen LogP contribution in [0.1, 0.15) is 25.8 Å². The van der Waals surface area contributed by atoms with E-state index in [4.69, 9.17) is 11.6 Å². The normalized spacial score (nSPS) is 12.0. The van der Waals surface area contributed by atoms with Crippen LogP contribution >= 0.6 is 11.6 Å². The smallest absolute Gasteiger partial charge is 0.264 e. The molecule has 10 heteroatoms. The molecule has 0 saturated heterocycles. The summed E-state index contributed by atoms with van der Waals surface area (Å²) in [5.74, 6) is -1.64. The number of nitrogens with zero attached hydrogens (tertiary/aromatic N) is 2. The summed E-state index contributed by atoms with van der Waals surface area (Å²) in [6.07, 6.45) is 1.19. The van der Waals surface area contributed by atoms with Crippen molar-refractivity contribution in [3.05, 3.63) is 95.3 Å². The largest absolute Gasteiger partial charge is 0.354 e. The first kappa shape index (κ1) is 29.1. The molecule has 0 heterocycles. The zero-order valence-corrected chi connectivity index (χ0v) is 22.9. The molecule has 0 bridgehead atoms. The molecule has 0 fully saturated rings. The number of benzene rings is 3. The Kier molecular flexibility index (Phi) is 10.3. The molecule has 0 unspecified atom stereocenters. The number of halogens is 2. The summed E-state index contributed by atoms with van der Waals surface area (Å²) in [7, 11) is -4.24. The molecule has 0 spiro atoms. The summed E-state index contributed by atoms with van der Waals surface area (Å²) in [5, 5.41) is 2.52. The summed E-state index contributed by atoms with van der Waals surface area (Å²) in [5.41, 5.74) is 0.991. The van der Waals surface area contributed by atoms with Gasteiger partial charge in [-0.05, 0) is 55.7 Å². The Balaban J connectivity index is 1.97. The number of rotatable bonds is 12. The maximum Gasteiger partial charge on any atom is 0.264 e. The molecule has 0 aromatic heterocycles. The van der Waals surface area contributed by atoms with E-state index in [0.29, 0.717) is 13.0 Å². The summed E-state index contributed by atoms with van der Waals surface area (Å²) in [4.78, 5) is 27.9. The van der Waals surface area contributed by atoms with Gasteiger partial charge in [-0.2, -0.15) is 0 Å². The highest BCUT2D eigenvalue weighted by Crippen LogP contribution is 2.28. The van der Waals surface area contributed by atoms with E-state index >= 15 is 0 Å². The van der Waals surface area contributed by atoms with E-state index in [1.807, 2.05) is 37.3 Å². The van der Waals surface area contributed by atoms with Crippen molar-refractivity contribution in [1.82, 2.24) is 10.2 Å². The van der Waals surface area contributed by atoms with Crippen LogP contribution in [0.25, 0.3) is 0 Å². The van der Waals surface area contributed by atoms with Gasteiger partial charge in [-0.1, -0.05) is 67.1 Å². The average Bonchev–Trinajstić information content (AvgIpc) is 2.92. The molecule has 202 valence electrons.